The van der Waals surface area contributed by atoms with Gasteiger partial charge in [0.1, 0.15) is 5.82 Å². The average molecular weight is 435 g/mol. The first kappa shape index (κ1) is 19.1. The Labute approximate surface area is 197 Å². The highest BCUT2D eigenvalue weighted by atomic mass is 15.1. The second kappa shape index (κ2) is 7.29. The zero-order valence-corrected chi connectivity index (χ0v) is 18.9. The number of aryl methyl sites for hydroxylation is 1. The lowest BCUT2D eigenvalue weighted by Crippen LogP contribution is -1.92. The first-order chi connectivity index (χ1) is 16.8. The van der Waals surface area contributed by atoms with E-state index < -0.39 is 0 Å². The molecule has 0 amide bonds. The van der Waals surface area contributed by atoms with Gasteiger partial charge < -0.3 is 4.57 Å². The predicted octanol–water partition coefficient (Wildman–Crippen LogP) is 8.37. The standard InChI is InChI=1S/C32H22N2/c1-34-30-13-7-6-12-29(30)33-32(34)23-17-14-22(15-18-23)28-20-24-19-16-21-8-2-3-9-25(21)31(24)27-11-5-4-10-26(27)28/h2-20H,1H3. The average Bonchev–Trinajstić information content (AvgIpc) is 3.24. The van der Waals surface area contributed by atoms with Gasteiger partial charge >= 0.3 is 0 Å². The number of aromatic nitrogens is 2. The number of imidazole rings is 1. The maximum atomic E-state index is 4.87. The summed E-state index contributed by atoms with van der Waals surface area (Å²) in [5.74, 6) is 0.989. The van der Waals surface area contributed by atoms with E-state index >= 15 is 0 Å². The van der Waals surface area contributed by atoms with E-state index in [0.29, 0.717) is 0 Å². The summed E-state index contributed by atoms with van der Waals surface area (Å²) in [4.78, 5) is 4.87. The van der Waals surface area contributed by atoms with E-state index in [1.165, 1.54) is 43.4 Å². The highest BCUT2D eigenvalue weighted by molar-refractivity contribution is 6.23. The highest BCUT2D eigenvalue weighted by Gasteiger charge is 2.13. The van der Waals surface area contributed by atoms with Crippen LogP contribution in [0.2, 0.25) is 0 Å². The van der Waals surface area contributed by atoms with Gasteiger partial charge in [-0.1, -0.05) is 97.1 Å². The molecule has 2 heteroatoms. The van der Waals surface area contributed by atoms with Crippen LogP contribution >= 0.6 is 0 Å². The lowest BCUT2D eigenvalue weighted by molar-refractivity contribution is 0.959. The topological polar surface area (TPSA) is 17.8 Å². The summed E-state index contributed by atoms with van der Waals surface area (Å²) < 4.78 is 2.17. The third kappa shape index (κ3) is 2.79. The SMILES string of the molecule is Cn1c(-c2ccc(-c3cc4ccc5ccccc5c4c4ccccc34)cc2)nc2ccccc21. The monoisotopic (exact) mass is 434 g/mol. The fourth-order valence-electron chi connectivity index (χ4n) is 5.32. The molecule has 0 saturated heterocycles. The van der Waals surface area contributed by atoms with Crippen molar-refractivity contribution in [3.05, 3.63) is 115 Å². The predicted molar refractivity (Wildman–Crippen MR) is 144 cm³/mol. The maximum absolute atomic E-state index is 4.87. The Hall–Kier alpha value is -4.43. The van der Waals surface area contributed by atoms with Crippen molar-refractivity contribution in [1.82, 2.24) is 9.55 Å². The van der Waals surface area contributed by atoms with Crippen LogP contribution in [-0.4, -0.2) is 9.55 Å². The molecule has 0 aliphatic rings. The van der Waals surface area contributed by atoms with Crippen LogP contribution in [0.15, 0.2) is 115 Å². The minimum atomic E-state index is 0.989. The zero-order valence-electron chi connectivity index (χ0n) is 18.9. The molecule has 0 aliphatic heterocycles. The molecule has 2 nitrogen and oxygen atoms in total. The van der Waals surface area contributed by atoms with Crippen LogP contribution in [-0.2, 0) is 7.05 Å². The van der Waals surface area contributed by atoms with Gasteiger partial charge in [-0.05, 0) is 61.6 Å². The van der Waals surface area contributed by atoms with Gasteiger partial charge in [0.15, 0.2) is 0 Å². The van der Waals surface area contributed by atoms with Crippen molar-refractivity contribution in [3.8, 4) is 22.5 Å². The molecule has 7 aromatic rings. The summed E-state index contributed by atoms with van der Waals surface area (Å²) in [6.45, 7) is 0. The molecule has 7 rings (SSSR count). The number of nitrogens with zero attached hydrogens (tertiary/aromatic N) is 2. The molecule has 0 aliphatic carbocycles. The van der Waals surface area contributed by atoms with E-state index in [0.717, 1.165) is 22.4 Å². The molecule has 1 aromatic heterocycles. The third-order valence-electron chi connectivity index (χ3n) is 6.99. The summed E-state index contributed by atoms with van der Waals surface area (Å²) in [7, 11) is 2.08. The van der Waals surface area contributed by atoms with Crippen molar-refractivity contribution < 1.29 is 0 Å². The summed E-state index contributed by atoms with van der Waals surface area (Å²) in [5.41, 5.74) is 5.77. The molecule has 6 aromatic carbocycles. The zero-order chi connectivity index (χ0) is 22.6. The number of hydrogen-bond donors (Lipinski definition) is 0. The van der Waals surface area contributed by atoms with E-state index in [1.807, 2.05) is 6.07 Å². The smallest absolute Gasteiger partial charge is 0.140 e. The van der Waals surface area contributed by atoms with E-state index in [1.54, 1.807) is 0 Å². The van der Waals surface area contributed by atoms with Crippen molar-refractivity contribution in [3.63, 3.8) is 0 Å². The minimum Gasteiger partial charge on any atom is -0.327 e. The number of rotatable bonds is 2. The van der Waals surface area contributed by atoms with Gasteiger partial charge in [0.05, 0.1) is 11.0 Å². The summed E-state index contributed by atoms with van der Waals surface area (Å²) in [6.07, 6.45) is 0. The summed E-state index contributed by atoms with van der Waals surface area (Å²) in [6, 6.07) is 41.4. The summed E-state index contributed by atoms with van der Waals surface area (Å²) >= 11 is 0. The molecule has 0 atom stereocenters. The normalized spacial score (nSPS) is 11.7. The molecule has 0 saturated carbocycles. The van der Waals surface area contributed by atoms with Gasteiger partial charge in [-0.2, -0.15) is 0 Å². The third-order valence-corrected chi connectivity index (χ3v) is 6.99. The fraction of sp³-hybridized carbons (Fsp3) is 0.0312. The van der Waals surface area contributed by atoms with Crippen molar-refractivity contribution in [1.29, 1.82) is 0 Å². The Bertz CT molecular complexity index is 1860. The van der Waals surface area contributed by atoms with Crippen LogP contribution < -0.4 is 0 Å². The first-order valence-corrected chi connectivity index (χ1v) is 11.6. The van der Waals surface area contributed by atoms with Gasteiger partial charge in [0.25, 0.3) is 0 Å². The Morgan fingerprint density at radius 3 is 2.03 bits per heavy atom. The largest absolute Gasteiger partial charge is 0.327 e. The second-order valence-corrected chi connectivity index (χ2v) is 8.92. The Morgan fingerprint density at radius 2 is 1.21 bits per heavy atom. The quantitative estimate of drug-likeness (QED) is 0.250. The van der Waals surface area contributed by atoms with Crippen LogP contribution in [0.5, 0.6) is 0 Å². The first-order valence-electron chi connectivity index (χ1n) is 11.6. The molecule has 0 fully saturated rings. The molecule has 0 unspecified atom stereocenters. The Morgan fingerprint density at radius 1 is 0.559 bits per heavy atom. The Kier molecular flexibility index (Phi) is 4.09. The van der Waals surface area contributed by atoms with Gasteiger partial charge in [0.2, 0.25) is 0 Å². The molecule has 34 heavy (non-hydrogen) atoms. The van der Waals surface area contributed by atoms with Crippen LogP contribution in [0, 0.1) is 0 Å². The van der Waals surface area contributed by atoms with Crippen LogP contribution in [0.25, 0.3) is 65.9 Å². The second-order valence-electron chi connectivity index (χ2n) is 8.92. The number of fused-ring (bicyclic) bond motifs is 6. The molecular formula is C32H22N2. The van der Waals surface area contributed by atoms with Crippen molar-refractivity contribution in [2.75, 3.05) is 0 Å². The highest BCUT2D eigenvalue weighted by Crippen LogP contribution is 2.38. The maximum Gasteiger partial charge on any atom is 0.140 e. The lowest BCUT2D eigenvalue weighted by Gasteiger charge is -2.13. The van der Waals surface area contributed by atoms with Gasteiger partial charge in [-0.3, -0.25) is 0 Å². The molecule has 1 heterocycles. The fourth-order valence-corrected chi connectivity index (χ4v) is 5.32. The van der Waals surface area contributed by atoms with Crippen molar-refractivity contribution in [2.45, 2.75) is 0 Å². The van der Waals surface area contributed by atoms with Gasteiger partial charge in [-0.25, -0.2) is 4.98 Å². The van der Waals surface area contributed by atoms with E-state index in [4.69, 9.17) is 4.98 Å². The van der Waals surface area contributed by atoms with Crippen molar-refractivity contribution >= 4 is 43.4 Å². The molecule has 0 radical (unpaired) electrons. The molecule has 160 valence electrons. The van der Waals surface area contributed by atoms with Gasteiger partial charge in [-0.15, -0.1) is 0 Å². The molecular weight excluding hydrogens is 412 g/mol. The van der Waals surface area contributed by atoms with Gasteiger partial charge in [0, 0.05) is 12.6 Å². The van der Waals surface area contributed by atoms with Crippen LogP contribution in [0.3, 0.4) is 0 Å². The molecule has 0 bridgehead atoms. The van der Waals surface area contributed by atoms with Crippen LogP contribution in [0.4, 0.5) is 0 Å². The van der Waals surface area contributed by atoms with Crippen LogP contribution in [0.1, 0.15) is 0 Å². The number of para-hydroxylation sites is 2. The molecule has 0 spiro atoms. The molecule has 0 N–H and O–H groups in total. The van der Waals surface area contributed by atoms with E-state index in [-0.39, 0.29) is 0 Å². The van der Waals surface area contributed by atoms with Crippen molar-refractivity contribution in [2.24, 2.45) is 7.05 Å². The Balaban J connectivity index is 1.43. The number of hydrogen-bond acceptors (Lipinski definition) is 1. The van der Waals surface area contributed by atoms with E-state index in [2.05, 4.69) is 121 Å². The lowest BCUT2D eigenvalue weighted by atomic mass is 9.90. The van der Waals surface area contributed by atoms with E-state index in [9.17, 15) is 0 Å². The summed E-state index contributed by atoms with van der Waals surface area (Å²) in [5, 5.41) is 7.76. The minimum absolute atomic E-state index is 0.989. The number of benzene rings is 6.